The van der Waals surface area contributed by atoms with Gasteiger partial charge in [-0.15, -0.1) is 0 Å². The number of carbonyl (C=O) groups is 1. The normalized spacial score (nSPS) is 20.0. The fourth-order valence-electron chi connectivity index (χ4n) is 2.22. The summed E-state index contributed by atoms with van der Waals surface area (Å²) in [5.74, 6) is -0.255. The quantitative estimate of drug-likeness (QED) is 0.557. The maximum Gasteiger partial charge on any atom is 0.304 e. The maximum absolute atomic E-state index is 11.1. The summed E-state index contributed by atoms with van der Waals surface area (Å²) in [6.45, 7) is 7.84. The van der Waals surface area contributed by atoms with E-state index in [1.807, 2.05) is 0 Å². The number of rotatable bonds is 4. The molecule has 1 unspecified atom stereocenters. The predicted octanol–water partition coefficient (Wildman–Crippen LogP) is 3.66. The lowest BCUT2D eigenvalue weighted by Crippen LogP contribution is -2.31. The van der Waals surface area contributed by atoms with E-state index in [0.29, 0.717) is 0 Å². The number of hydrogen-bond donors (Lipinski definition) is 0. The summed E-state index contributed by atoms with van der Waals surface area (Å²) in [4.78, 5) is 11.1. The molecule has 0 aliphatic heterocycles. The van der Waals surface area contributed by atoms with Crippen molar-refractivity contribution in [2.75, 3.05) is 0 Å². The van der Waals surface area contributed by atoms with E-state index < -0.39 is 0 Å². The lowest BCUT2D eigenvalue weighted by molar-refractivity contribution is -0.197. The van der Waals surface area contributed by atoms with Crippen molar-refractivity contribution in [1.29, 1.82) is 0 Å². The van der Waals surface area contributed by atoms with Gasteiger partial charge in [-0.1, -0.05) is 40.0 Å². The zero-order chi connectivity index (χ0) is 12.9. The van der Waals surface area contributed by atoms with Crippen LogP contribution in [0.4, 0.5) is 0 Å². The van der Waals surface area contributed by atoms with Gasteiger partial charge >= 0.3 is 5.97 Å². The van der Waals surface area contributed by atoms with Crippen LogP contribution in [-0.2, 0) is 14.3 Å². The first-order chi connectivity index (χ1) is 7.87. The maximum atomic E-state index is 11.1. The molecule has 1 aliphatic rings. The summed E-state index contributed by atoms with van der Waals surface area (Å²) in [7, 11) is 0. The molecule has 0 radical (unpaired) electrons. The van der Waals surface area contributed by atoms with Gasteiger partial charge in [0.1, 0.15) is 0 Å². The Kier molecular flexibility index (Phi) is 5.44. The third-order valence-corrected chi connectivity index (χ3v) is 2.97. The van der Waals surface area contributed by atoms with Gasteiger partial charge in [-0.25, -0.2) is 0 Å². The van der Waals surface area contributed by atoms with Gasteiger partial charge in [-0.2, -0.15) is 0 Å². The molecule has 0 bridgehead atoms. The Labute approximate surface area is 105 Å². The Morgan fingerprint density at radius 3 is 2.29 bits per heavy atom. The molecular formula is C14H26O3. The molecule has 1 rings (SSSR count). The largest absolute Gasteiger partial charge is 0.436 e. The van der Waals surface area contributed by atoms with Crippen molar-refractivity contribution in [3.63, 3.8) is 0 Å². The Bertz CT molecular complexity index is 236. The smallest absolute Gasteiger partial charge is 0.304 e. The van der Waals surface area contributed by atoms with E-state index in [9.17, 15) is 4.79 Å². The lowest BCUT2D eigenvalue weighted by atomic mass is 9.91. The number of hydrogen-bond acceptors (Lipinski definition) is 3. The molecule has 0 heterocycles. The monoisotopic (exact) mass is 242 g/mol. The molecule has 1 saturated carbocycles. The highest BCUT2D eigenvalue weighted by Crippen LogP contribution is 2.27. The Morgan fingerprint density at radius 2 is 1.82 bits per heavy atom. The summed E-state index contributed by atoms with van der Waals surface area (Å²) in [5.41, 5.74) is 0.106. The topological polar surface area (TPSA) is 35.5 Å². The molecule has 3 heteroatoms. The minimum absolute atomic E-state index is 0.106. The van der Waals surface area contributed by atoms with Gasteiger partial charge in [0.2, 0.25) is 6.29 Å². The summed E-state index contributed by atoms with van der Waals surface area (Å²) in [6, 6.07) is 0. The van der Waals surface area contributed by atoms with Crippen molar-refractivity contribution in [1.82, 2.24) is 0 Å². The number of carbonyl (C=O) groups excluding carboxylic acids is 1. The van der Waals surface area contributed by atoms with Crippen LogP contribution in [-0.4, -0.2) is 18.4 Å². The van der Waals surface area contributed by atoms with Crippen LogP contribution in [0.15, 0.2) is 0 Å². The minimum atomic E-state index is -0.379. The highest BCUT2D eigenvalue weighted by molar-refractivity contribution is 5.66. The highest BCUT2D eigenvalue weighted by atomic mass is 16.7. The third-order valence-electron chi connectivity index (χ3n) is 2.97. The van der Waals surface area contributed by atoms with Gasteiger partial charge in [-0.05, 0) is 18.3 Å². The van der Waals surface area contributed by atoms with Gasteiger partial charge in [0, 0.05) is 13.3 Å². The molecule has 1 aliphatic carbocycles. The zero-order valence-corrected chi connectivity index (χ0v) is 11.6. The molecule has 100 valence electrons. The Hall–Kier alpha value is -0.570. The molecule has 0 aromatic heterocycles. The Balaban J connectivity index is 2.46. The van der Waals surface area contributed by atoms with E-state index in [1.165, 1.54) is 26.2 Å². The van der Waals surface area contributed by atoms with Crippen LogP contribution >= 0.6 is 0 Å². The standard InChI is InChI=1S/C14H26O3/c1-11(15)16-13(10-14(2,3)4)17-12-8-6-5-7-9-12/h12-13H,5-10H2,1-4H3. The number of ether oxygens (including phenoxy) is 2. The molecule has 0 spiro atoms. The van der Waals surface area contributed by atoms with Crippen LogP contribution in [0.2, 0.25) is 0 Å². The molecule has 0 saturated heterocycles. The van der Waals surface area contributed by atoms with Crippen molar-refractivity contribution >= 4 is 5.97 Å². The average Bonchev–Trinajstić information content (AvgIpc) is 2.15. The molecule has 1 atom stereocenters. The molecule has 0 aromatic carbocycles. The van der Waals surface area contributed by atoms with Crippen LogP contribution in [0, 0.1) is 5.41 Å². The third kappa shape index (κ3) is 6.67. The molecule has 0 amide bonds. The van der Waals surface area contributed by atoms with Crippen molar-refractivity contribution < 1.29 is 14.3 Å². The van der Waals surface area contributed by atoms with Crippen LogP contribution < -0.4 is 0 Å². The van der Waals surface area contributed by atoms with Gasteiger partial charge in [0.05, 0.1) is 6.10 Å². The summed E-state index contributed by atoms with van der Waals surface area (Å²) in [6.07, 6.45) is 6.61. The van der Waals surface area contributed by atoms with Gasteiger partial charge < -0.3 is 9.47 Å². The molecular weight excluding hydrogens is 216 g/mol. The first-order valence-electron chi connectivity index (χ1n) is 6.69. The molecule has 0 N–H and O–H groups in total. The second kappa shape index (κ2) is 6.39. The fourth-order valence-corrected chi connectivity index (χ4v) is 2.22. The van der Waals surface area contributed by atoms with Crippen molar-refractivity contribution in [2.24, 2.45) is 5.41 Å². The van der Waals surface area contributed by atoms with E-state index in [4.69, 9.17) is 9.47 Å². The van der Waals surface area contributed by atoms with Crippen molar-refractivity contribution in [2.45, 2.75) is 78.6 Å². The first-order valence-corrected chi connectivity index (χ1v) is 6.69. The summed E-state index contributed by atoms with van der Waals surface area (Å²) in [5, 5.41) is 0. The summed E-state index contributed by atoms with van der Waals surface area (Å²) < 4.78 is 11.2. The average molecular weight is 242 g/mol. The van der Waals surface area contributed by atoms with Crippen LogP contribution in [0.25, 0.3) is 0 Å². The zero-order valence-electron chi connectivity index (χ0n) is 11.6. The Morgan fingerprint density at radius 1 is 1.24 bits per heavy atom. The van der Waals surface area contributed by atoms with Gasteiger partial charge in [0.25, 0.3) is 0 Å². The van der Waals surface area contributed by atoms with Gasteiger partial charge in [-0.3, -0.25) is 4.79 Å². The van der Waals surface area contributed by atoms with Crippen molar-refractivity contribution in [3.8, 4) is 0 Å². The van der Waals surface area contributed by atoms with Crippen LogP contribution in [0.5, 0.6) is 0 Å². The number of esters is 1. The predicted molar refractivity (Wildman–Crippen MR) is 67.6 cm³/mol. The van der Waals surface area contributed by atoms with E-state index >= 15 is 0 Å². The second-order valence-corrected chi connectivity index (χ2v) is 6.20. The highest BCUT2D eigenvalue weighted by Gasteiger charge is 2.25. The fraction of sp³-hybridized carbons (Fsp3) is 0.929. The van der Waals surface area contributed by atoms with Gasteiger partial charge in [0.15, 0.2) is 0 Å². The SMILES string of the molecule is CC(=O)OC(CC(C)(C)C)OC1CCCCC1. The lowest BCUT2D eigenvalue weighted by Gasteiger charge is -2.30. The molecule has 1 fully saturated rings. The molecule has 3 nitrogen and oxygen atoms in total. The van der Waals surface area contributed by atoms with Crippen LogP contribution in [0.3, 0.4) is 0 Å². The summed E-state index contributed by atoms with van der Waals surface area (Å²) >= 11 is 0. The van der Waals surface area contributed by atoms with E-state index in [-0.39, 0.29) is 23.8 Å². The second-order valence-electron chi connectivity index (χ2n) is 6.20. The minimum Gasteiger partial charge on any atom is -0.436 e. The van der Waals surface area contributed by atoms with Crippen LogP contribution in [0.1, 0.15) is 66.2 Å². The van der Waals surface area contributed by atoms with E-state index in [2.05, 4.69) is 20.8 Å². The van der Waals surface area contributed by atoms with Crippen molar-refractivity contribution in [3.05, 3.63) is 0 Å². The first kappa shape index (κ1) is 14.5. The van der Waals surface area contributed by atoms with E-state index in [0.717, 1.165) is 19.3 Å². The molecule has 0 aromatic rings. The van der Waals surface area contributed by atoms with E-state index in [1.54, 1.807) is 0 Å². The molecule has 17 heavy (non-hydrogen) atoms.